The van der Waals surface area contributed by atoms with Crippen molar-refractivity contribution in [2.75, 3.05) is 16.4 Å². The molecule has 3 heteroatoms. The second kappa shape index (κ2) is 26.5. The topological polar surface area (TPSA) is 15.7 Å². The Kier molecular flexibility index (Phi) is 17.3. The molecule has 0 aromatic heterocycles. The van der Waals surface area contributed by atoms with Crippen LogP contribution in [0.15, 0.2) is 289 Å². The number of para-hydroxylation sites is 1. The molecule has 1 heterocycles. The number of hydrogen-bond acceptors (Lipinski definition) is 3. The lowest BCUT2D eigenvalue weighted by Gasteiger charge is -2.42. The lowest BCUT2D eigenvalue weighted by molar-refractivity contribution is 0.294. The molecular formula is C91H92N2O. The fourth-order valence-electron chi connectivity index (χ4n) is 17.2. The summed E-state index contributed by atoms with van der Waals surface area (Å²) in [7, 11) is 0. The molecular weight excluding hydrogens is 1140 g/mol. The summed E-state index contributed by atoms with van der Waals surface area (Å²) in [5.41, 5.74) is 26.2. The number of anilines is 4. The first-order valence-corrected chi connectivity index (χ1v) is 35.6. The molecule has 0 spiro atoms. The first kappa shape index (κ1) is 61.3. The van der Waals surface area contributed by atoms with Gasteiger partial charge in [0.1, 0.15) is 5.75 Å². The molecule has 7 aromatic carbocycles. The highest BCUT2D eigenvalue weighted by atomic mass is 16.5. The van der Waals surface area contributed by atoms with Gasteiger partial charge >= 0.3 is 0 Å². The highest BCUT2D eigenvalue weighted by molar-refractivity contribution is 5.89. The van der Waals surface area contributed by atoms with E-state index in [4.69, 9.17) is 4.74 Å². The summed E-state index contributed by atoms with van der Waals surface area (Å²) in [6.07, 6.45) is 52.1. The molecule has 0 saturated heterocycles. The molecule has 7 aliphatic carbocycles. The van der Waals surface area contributed by atoms with E-state index in [1.54, 1.807) is 16.7 Å². The summed E-state index contributed by atoms with van der Waals surface area (Å²) < 4.78 is 6.48. The van der Waals surface area contributed by atoms with Gasteiger partial charge in [0.25, 0.3) is 0 Å². The number of nitrogens with zero attached hydrogens (tertiary/aromatic N) is 2. The fourth-order valence-corrected chi connectivity index (χ4v) is 17.2. The maximum Gasteiger partial charge on any atom is 0.119 e. The molecule has 472 valence electrons. The van der Waals surface area contributed by atoms with Crippen LogP contribution in [0.25, 0.3) is 44.7 Å². The van der Waals surface area contributed by atoms with Crippen molar-refractivity contribution in [3.05, 3.63) is 306 Å². The van der Waals surface area contributed by atoms with Crippen LogP contribution in [0.2, 0.25) is 0 Å². The van der Waals surface area contributed by atoms with E-state index >= 15 is 0 Å². The average molecular weight is 1230 g/mol. The van der Waals surface area contributed by atoms with Gasteiger partial charge in [-0.1, -0.05) is 228 Å². The molecule has 6 unspecified atom stereocenters. The number of unbranched alkanes of at least 4 members (excludes halogenated alkanes) is 3. The molecule has 7 aromatic rings. The molecule has 0 saturated carbocycles. The lowest BCUT2D eigenvalue weighted by Crippen LogP contribution is -2.36. The first-order valence-electron chi connectivity index (χ1n) is 35.6. The van der Waals surface area contributed by atoms with E-state index in [-0.39, 0.29) is 22.8 Å². The minimum Gasteiger partial charge on any atom is -0.494 e. The van der Waals surface area contributed by atoms with E-state index in [2.05, 4.69) is 280 Å². The third kappa shape index (κ3) is 12.0. The Morgan fingerprint density at radius 3 is 2.09 bits per heavy atom. The first-order chi connectivity index (χ1) is 46.1. The lowest BCUT2D eigenvalue weighted by atomic mass is 9.64. The van der Waals surface area contributed by atoms with Crippen LogP contribution in [-0.2, 0) is 0 Å². The monoisotopic (exact) mass is 1230 g/mol. The summed E-state index contributed by atoms with van der Waals surface area (Å²) in [5, 5.41) is 2.43. The molecule has 0 fully saturated rings. The normalized spacial score (nSPS) is 22.8. The second-order valence-electron chi connectivity index (χ2n) is 29.0. The molecule has 1 aliphatic heterocycles. The fraction of sp³-hybridized carbons (Fsp3) is 0.297. The van der Waals surface area contributed by atoms with Crippen LogP contribution in [0, 0.1) is 28.6 Å². The van der Waals surface area contributed by atoms with Gasteiger partial charge in [-0.2, -0.15) is 0 Å². The predicted octanol–water partition coefficient (Wildman–Crippen LogP) is 25.0. The summed E-state index contributed by atoms with van der Waals surface area (Å²) in [6.45, 7) is 15.9. The molecule has 0 amide bonds. The van der Waals surface area contributed by atoms with Crippen LogP contribution in [0.3, 0.4) is 0 Å². The van der Waals surface area contributed by atoms with Crippen LogP contribution < -0.4 is 14.5 Å². The van der Waals surface area contributed by atoms with Crippen molar-refractivity contribution in [1.29, 1.82) is 0 Å². The third-order valence-corrected chi connectivity index (χ3v) is 22.4. The van der Waals surface area contributed by atoms with Crippen molar-refractivity contribution in [2.45, 2.75) is 135 Å². The Morgan fingerprint density at radius 1 is 0.617 bits per heavy atom. The molecule has 0 bridgehead atoms. The Morgan fingerprint density at radius 2 is 1.35 bits per heavy atom. The summed E-state index contributed by atoms with van der Waals surface area (Å²) in [5.74, 6) is 2.84. The Balaban J connectivity index is 0.715. The van der Waals surface area contributed by atoms with Crippen molar-refractivity contribution in [2.24, 2.45) is 28.6 Å². The third-order valence-electron chi connectivity index (χ3n) is 22.4. The Hall–Kier alpha value is -8.92. The van der Waals surface area contributed by atoms with Gasteiger partial charge in [0.05, 0.1) is 12.6 Å². The number of benzene rings is 7. The molecule has 3 nitrogen and oxygen atoms in total. The standard InChI is InChI=1S/C91H92N2O/c1-6-63-26-30-67(31-27-63)70-34-35-72-59-81(52-42-71(72)58-70)94-57-19-9-8-18-56-91(76-20-12-10-13-21-76)86-25-17-16-24-82(86)83-53-51-80(62-87(83)91)92(78-47-38-66(39-48-78)65-36-45-75(46-37-65)90(3,4)5)79-49-40-69(41-50-79)74-44-55-89-85(61-74)84-60-73(68-32-28-64(7-2)29-33-68)43-54-88(84)93(89)77-22-14-11-15-23-77/h6-7,11-12,14-15,17,20-23,25-27,30-32,34-45,47-50,52,54-55,58-59,61-62,64,75,80,83-84H,1-2,8-10,13,16,18-19,24,28-29,33,46,51,53,56-57,60H2,3-5H3. The largest absolute Gasteiger partial charge is 0.494 e. The highest BCUT2D eigenvalue weighted by Crippen LogP contribution is 2.63. The van der Waals surface area contributed by atoms with Gasteiger partial charge in [0.15, 0.2) is 0 Å². The maximum atomic E-state index is 6.48. The second-order valence-corrected chi connectivity index (χ2v) is 29.0. The smallest absolute Gasteiger partial charge is 0.119 e. The van der Waals surface area contributed by atoms with Gasteiger partial charge in [0, 0.05) is 45.7 Å². The van der Waals surface area contributed by atoms with Crippen molar-refractivity contribution < 1.29 is 4.74 Å². The van der Waals surface area contributed by atoms with Gasteiger partial charge < -0.3 is 14.5 Å². The van der Waals surface area contributed by atoms with E-state index in [1.165, 1.54) is 121 Å². The number of ether oxygens (including phenoxy) is 1. The molecule has 15 rings (SSSR count). The maximum absolute atomic E-state index is 6.48. The number of fused-ring (bicyclic) bond motifs is 6. The molecule has 94 heavy (non-hydrogen) atoms. The number of allylic oxidation sites excluding steroid dienone is 20. The Bertz CT molecular complexity index is 4350. The molecule has 6 atom stereocenters. The van der Waals surface area contributed by atoms with Crippen LogP contribution >= 0.6 is 0 Å². The number of rotatable bonds is 19. The minimum absolute atomic E-state index is 0.136. The number of hydrogen-bond donors (Lipinski definition) is 0. The Labute approximate surface area is 560 Å². The summed E-state index contributed by atoms with van der Waals surface area (Å²) >= 11 is 0. The molecule has 8 aliphatic rings. The predicted molar refractivity (Wildman–Crippen MR) is 400 cm³/mol. The van der Waals surface area contributed by atoms with Crippen LogP contribution in [0.4, 0.5) is 22.7 Å². The SMILES string of the molecule is C=Cc1ccc(-c2ccc3cc(OCCCCCCC4(C5=CCCC=C5)C5=CC(N(c6ccc(C7=CCC(C(C)(C)C)C=C7)cc6)c6ccc(-c7ccc8c(c7)C7CC(C9=CCC(C=C)CC9)=CC=C7N8c7ccccc7)cc6)CCC5C5=C4C=CCC5)ccc3c2)cc1. The van der Waals surface area contributed by atoms with E-state index < -0.39 is 0 Å². The van der Waals surface area contributed by atoms with E-state index in [1.807, 2.05) is 6.08 Å². The highest BCUT2D eigenvalue weighted by Gasteiger charge is 2.52. The van der Waals surface area contributed by atoms with Gasteiger partial charge in [-0.25, -0.2) is 0 Å². The van der Waals surface area contributed by atoms with Crippen LogP contribution in [0.5, 0.6) is 5.75 Å². The zero-order valence-corrected chi connectivity index (χ0v) is 55.7. The van der Waals surface area contributed by atoms with E-state index in [0.717, 1.165) is 95.0 Å². The van der Waals surface area contributed by atoms with Crippen LogP contribution in [0.1, 0.15) is 146 Å². The molecule has 0 N–H and O–H groups in total. The van der Waals surface area contributed by atoms with Gasteiger partial charge in [-0.05, 0) is 251 Å². The van der Waals surface area contributed by atoms with Gasteiger partial charge in [0.2, 0.25) is 0 Å². The average Bonchev–Trinajstić information content (AvgIpc) is 1.55. The van der Waals surface area contributed by atoms with Crippen molar-refractivity contribution in [1.82, 2.24) is 0 Å². The minimum atomic E-state index is -0.136. The quantitative estimate of drug-likeness (QED) is 0.0593. The summed E-state index contributed by atoms with van der Waals surface area (Å²) in [4.78, 5) is 5.23. The van der Waals surface area contributed by atoms with Crippen molar-refractivity contribution in [3.63, 3.8) is 0 Å². The zero-order chi connectivity index (χ0) is 63.8. The van der Waals surface area contributed by atoms with E-state index in [0.29, 0.717) is 17.8 Å². The van der Waals surface area contributed by atoms with Crippen molar-refractivity contribution in [3.8, 4) is 28.0 Å². The summed E-state index contributed by atoms with van der Waals surface area (Å²) in [6, 6.07) is 59.7. The van der Waals surface area contributed by atoms with E-state index in [9.17, 15) is 0 Å². The molecule has 0 radical (unpaired) electrons. The zero-order valence-electron chi connectivity index (χ0n) is 55.7. The van der Waals surface area contributed by atoms with Crippen LogP contribution in [-0.4, -0.2) is 12.6 Å². The van der Waals surface area contributed by atoms with Gasteiger partial charge in [-0.3, -0.25) is 0 Å². The van der Waals surface area contributed by atoms with Crippen molar-refractivity contribution >= 4 is 45.2 Å². The van der Waals surface area contributed by atoms with Gasteiger partial charge in [-0.15, -0.1) is 6.58 Å².